The molecule has 1 saturated heterocycles. The molecule has 0 aliphatic carbocycles. The zero-order chi connectivity index (χ0) is 18.2. The first-order valence-electron chi connectivity index (χ1n) is 7.11. The van der Waals surface area contributed by atoms with Gasteiger partial charge in [-0.1, -0.05) is 0 Å². The van der Waals surface area contributed by atoms with E-state index in [0.717, 1.165) is 0 Å². The number of carbonyl (C=O) groups is 1. The zero-order valence-corrected chi connectivity index (χ0v) is 13.4. The Bertz CT molecular complexity index is 897. The van der Waals surface area contributed by atoms with Gasteiger partial charge in [0.15, 0.2) is 11.5 Å². The van der Waals surface area contributed by atoms with Gasteiger partial charge in [-0.15, -0.1) is 0 Å². The molecule has 1 aliphatic heterocycles. The Morgan fingerprint density at radius 3 is 2.88 bits per heavy atom. The molecule has 9 nitrogen and oxygen atoms in total. The maximum absolute atomic E-state index is 12.5. The van der Waals surface area contributed by atoms with E-state index in [0.29, 0.717) is 15.5 Å². The summed E-state index contributed by atoms with van der Waals surface area (Å²) in [4.78, 5) is 22.9. The number of fused-ring (bicyclic) bond motifs is 1. The van der Waals surface area contributed by atoms with Crippen LogP contribution in [0.3, 0.4) is 0 Å². The molecule has 3 rings (SSSR count). The van der Waals surface area contributed by atoms with Gasteiger partial charge in [-0.05, 0) is 12.5 Å². The highest BCUT2D eigenvalue weighted by Gasteiger charge is 2.51. The number of amides is 2. The highest BCUT2D eigenvalue weighted by atomic mass is 32.2. The van der Waals surface area contributed by atoms with Crippen molar-refractivity contribution in [1.29, 1.82) is 0 Å². The van der Waals surface area contributed by atoms with Gasteiger partial charge in [0.25, 0.3) is 0 Å². The number of H-pyrrole nitrogens is 1. The smallest absolute Gasteiger partial charge is 0.345 e. The van der Waals surface area contributed by atoms with Crippen molar-refractivity contribution in [3.8, 4) is 0 Å². The fourth-order valence-corrected chi connectivity index (χ4v) is 3.45. The molecule has 0 aromatic carbocycles. The molecule has 0 unspecified atom stereocenters. The van der Waals surface area contributed by atoms with E-state index in [-0.39, 0.29) is 18.8 Å². The van der Waals surface area contributed by atoms with Gasteiger partial charge >= 0.3 is 21.6 Å². The summed E-state index contributed by atoms with van der Waals surface area (Å²) in [6.07, 6.45) is 3.02. The topological polar surface area (TPSA) is 120 Å². The fraction of sp³-hybridized carbons (Fsp3) is 0.417. The number of rotatable bonds is 3. The lowest BCUT2D eigenvalue weighted by Crippen LogP contribution is -2.43. The van der Waals surface area contributed by atoms with Crippen molar-refractivity contribution in [2.75, 3.05) is 18.4 Å². The molecular formula is C12H13F3N6O3S. The van der Waals surface area contributed by atoms with E-state index in [1.807, 2.05) is 0 Å². The van der Waals surface area contributed by atoms with Crippen LogP contribution in [0.15, 0.2) is 18.5 Å². The number of halogens is 3. The van der Waals surface area contributed by atoms with E-state index >= 15 is 0 Å². The van der Waals surface area contributed by atoms with Crippen LogP contribution in [0.5, 0.6) is 0 Å². The van der Waals surface area contributed by atoms with Crippen molar-refractivity contribution in [2.45, 2.75) is 18.0 Å². The molecule has 1 fully saturated rings. The minimum absolute atomic E-state index is 0.0747. The number of carbonyl (C=O) groups excluding carboxylic acids is 1. The average molecular weight is 378 g/mol. The number of sulfonamides is 1. The summed E-state index contributed by atoms with van der Waals surface area (Å²) in [6, 6.07) is 0.212. The number of nitrogens with zero attached hydrogens (tertiary/aromatic N) is 3. The molecule has 0 saturated carbocycles. The molecule has 0 spiro atoms. The maximum Gasteiger partial charge on any atom is 0.511 e. The number of hydrogen-bond donors (Lipinski definition) is 3. The van der Waals surface area contributed by atoms with E-state index in [1.54, 1.807) is 12.3 Å². The predicted octanol–water partition coefficient (Wildman–Crippen LogP) is 1.00. The summed E-state index contributed by atoms with van der Waals surface area (Å²) in [5.41, 5.74) is -4.29. The van der Waals surface area contributed by atoms with E-state index in [4.69, 9.17) is 0 Å². The Hall–Kier alpha value is -2.41. The minimum Gasteiger partial charge on any atom is -0.345 e. The van der Waals surface area contributed by atoms with Crippen molar-refractivity contribution in [1.82, 2.24) is 24.6 Å². The van der Waals surface area contributed by atoms with Gasteiger partial charge in [0, 0.05) is 25.3 Å². The Labute approximate surface area is 139 Å². The molecule has 1 aliphatic rings. The molecular weight excluding hydrogens is 365 g/mol. The molecule has 2 aromatic rings. The van der Waals surface area contributed by atoms with Crippen LogP contribution in [0.25, 0.3) is 11.2 Å². The van der Waals surface area contributed by atoms with Crippen molar-refractivity contribution < 1.29 is 26.4 Å². The molecule has 13 heteroatoms. The summed E-state index contributed by atoms with van der Waals surface area (Å²) in [5, 5.41) is 4.83. The van der Waals surface area contributed by atoms with Crippen LogP contribution in [0.1, 0.15) is 6.42 Å². The third-order valence-corrected chi connectivity index (χ3v) is 5.22. The number of hydrogen-bond acceptors (Lipinski definition) is 5. The molecule has 2 aromatic heterocycles. The van der Waals surface area contributed by atoms with E-state index in [1.165, 1.54) is 6.20 Å². The second kappa shape index (κ2) is 6.15. The second-order valence-electron chi connectivity index (χ2n) is 5.36. The lowest BCUT2D eigenvalue weighted by Gasteiger charge is -2.18. The first-order valence-corrected chi connectivity index (χ1v) is 8.55. The second-order valence-corrected chi connectivity index (χ2v) is 7.29. The van der Waals surface area contributed by atoms with Crippen LogP contribution in [0.4, 0.5) is 23.8 Å². The summed E-state index contributed by atoms with van der Waals surface area (Å²) in [5.74, 6) is 0.155. The van der Waals surface area contributed by atoms with Crippen LogP contribution < -0.4 is 10.6 Å². The third kappa shape index (κ3) is 3.51. The number of nitrogens with one attached hydrogen (secondary N) is 3. The summed E-state index contributed by atoms with van der Waals surface area (Å²) in [7, 11) is -5.39. The highest BCUT2D eigenvalue weighted by Crippen LogP contribution is 2.29. The number of anilines is 1. The molecule has 25 heavy (non-hydrogen) atoms. The Morgan fingerprint density at radius 1 is 1.40 bits per heavy atom. The fourth-order valence-electron chi connectivity index (χ4n) is 2.44. The first-order chi connectivity index (χ1) is 11.7. The largest absolute Gasteiger partial charge is 0.511 e. The van der Waals surface area contributed by atoms with Crippen LogP contribution in [-0.4, -0.2) is 58.3 Å². The normalized spacial score (nSPS) is 19.2. The zero-order valence-electron chi connectivity index (χ0n) is 12.5. The minimum atomic E-state index is -5.39. The Kier molecular flexibility index (Phi) is 4.28. The van der Waals surface area contributed by atoms with Crippen molar-refractivity contribution >= 4 is 33.0 Å². The van der Waals surface area contributed by atoms with E-state index in [9.17, 15) is 26.4 Å². The first kappa shape index (κ1) is 17.4. The van der Waals surface area contributed by atoms with Crippen LogP contribution >= 0.6 is 0 Å². The molecule has 2 amide bonds. The van der Waals surface area contributed by atoms with Gasteiger partial charge in [0.2, 0.25) is 0 Å². The standard InChI is InChI=1S/C12H13F3N6O3S/c13-12(14,15)25(23,24)21-4-2-7(6-21)18-11(22)20-9-5-17-10-8(19-9)1-3-16-10/h1,3,5,7H,2,4,6H2,(H,16,17)(H2,18,19,20,22)/t7-/m1/s1. The van der Waals surface area contributed by atoms with Crippen LogP contribution in [0, 0.1) is 0 Å². The predicted molar refractivity (Wildman–Crippen MR) is 81.0 cm³/mol. The molecule has 1 atom stereocenters. The Balaban J connectivity index is 1.59. The summed E-state index contributed by atoms with van der Waals surface area (Å²) in [6.45, 7) is -0.764. The maximum atomic E-state index is 12.5. The molecule has 3 N–H and O–H groups in total. The lowest BCUT2D eigenvalue weighted by molar-refractivity contribution is -0.0483. The number of aromatic nitrogens is 3. The van der Waals surface area contributed by atoms with Crippen molar-refractivity contribution in [3.05, 3.63) is 18.5 Å². The number of urea groups is 1. The quantitative estimate of drug-likeness (QED) is 0.736. The van der Waals surface area contributed by atoms with Gasteiger partial charge in [-0.3, -0.25) is 5.32 Å². The summed E-state index contributed by atoms with van der Waals surface area (Å²) < 4.78 is 60.5. The van der Waals surface area contributed by atoms with E-state index < -0.39 is 34.1 Å². The molecule has 0 bridgehead atoms. The van der Waals surface area contributed by atoms with E-state index in [2.05, 4.69) is 25.6 Å². The molecule has 136 valence electrons. The van der Waals surface area contributed by atoms with Gasteiger partial charge in [0.05, 0.1) is 6.20 Å². The Morgan fingerprint density at radius 2 is 2.16 bits per heavy atom. The third-order valence-electron chi connectivity index (χ3n) is 3.62. The average Bonchev–Trinajstić information content (AvgIpc) is 3.14. The van der Waals surface area contributed by atoms with Gasteiger partial charge in [-0.25, -0.2) is 23.2 Å². The number of alkyl halides is 3. The van der Waals surface area contributed by atoms with Gasteiger partial charge < -0.3 is 10.3 Å². The van der Waals surface area contributed by atoms with Gasteiger partial charge in [-0.2, -0.15) is 17.5 Å². The number of aromatic amines is 1. The lowest BCUT2D eigenvalue weighted by atomic mass is 10.3. The van der Waals surface area contributed by atoms with Crippen molar-refractivity contribution in [3.63, 3.8) is 0 Å². The van der Waals surface area contributed by atoms with Gasteiger partial charge in [0.1, 0.15) is 5.52 Å². The molecule has 3 heterocycles. The van der Waals surface area contributed by atoms with Crippen LogP contribution in [0.2, 0.25) is 0 Å². The SMILES string of the molecule is O=C(Nc1cnc2[nH]ccc2n1)N[C@@H]1CCN(S(=O)(=O)C(F)(F)F)C1. The molecule has 0 radical (unpaired) electrons. The summed E-state index contributed by atoms with van der Waals surface area (Å²) >= 11 is 0. The van der Waals surface area contributed by atoms with Crippen LogP contribution in [-0.2, 0) is 10.0 Å². The highest BCUT2D eigenvalue weighted by molar-refractivity contribution is 7.90. The van der Waals surface area contributed by atoms with Crippen molar-refractivity contribution in [2.24, 2.45) is 0 Å². The monoisotopic (exact) mass is 378 g/mol.